The van der Waals surface area contributed by atoms with E-state index in [0.29, 0.717) is 0 Å². The molecule has 0 radical (unpaired) electrons. The second-order valence-electron chi connectivity index (χ2n) is 3.79. The molecule has 0 aliphatic heterocycles. The predicted octanol–water partition coefficient (Wildman–Crippen LogP) is 3.81. The number of hydrogen-bond acceptors (Lipinski definition) is 1. The Bertz CT molecular complexity index is 586. The lowest BCUT2D eigenvalue weighted by Gasteiger charge is -2.14. The minimum atomic E-state index is -1.09. The molecule has 0 fully saturated rings. The summed E-state index contributed by atoms with van der Waals surface area (Å²) < 4.78 is 40.3. The van der Waals surface area contributed by atoms with E-state index in [0.717, 1.165) is 12.1 Å². The summed E-state index contributed by atoms with van der Waals surface area (Å²) in [6, 6.07) is 6.40. The third-order valence-electron chi connectivity index (χ3n) is 2.61. The van der Waals surface area contributed by atoms with Gasteiger partial charge in [-0.25, -0.2) is 13.2 Å². The Morgan fingerprint density at radius 2 is 1.67 bits per heavy atom. The third kappa shape index (κ3) is 2.35. The monoisotopic (exact) mass is 271 g/mol. The van der Waals surface area contributed by atoms with Crippen molar-refractivity contribution < 1.29 is 13.2 Å². The highest BCUT2D eigenvalue weighted by molar-refractivity contribution is 6.30. The molecule has 0 saturated carbocycles. The van der Waals surface area contributed by atoms with Crippen LogP contribution in [0.4, 0.5) is 13.2 Å². The van der Waals surface area contributed by atoms with Crippen molar-refractivity contribution in [1.29, 1.82) is 0 Å². The zero-order valence-corrected chi connectivity index (χ0v) is 9.89. The van der Waals surface area contributed by atoms with Gasteiger partial charge in [0.1, 0.15) is 5.82 Å². The lowest BCUT2D eigenvalue weighted by Crippen LogP contribution is -2.15. The first-order valence-electron chi connectivity index (χ1n) is 5.15. The molecule has 0 aliphatic carbocycles. The molecule has 5 heteroatoms. The summed E-state index contributed by atoms with van der Waals surface area (Å²) in [6.07, 6.45) is 0. The van der Waals surface area contributed by atoms with Gasteiger partial charge in [0.15, 0.2) is 11.6 Å². The topological polar surface area (TPSA) is 26.0 Å². The molecule has 0 bridgehead atoms. The van der Waals surface area contributed by atoms with Gasteiger partial charge in [-0.1, -0.05) is 29.8 Å². The van der Waals surface area contributed by atoms with E-state index in [1.165, 1.54) is 24.3 Å². The number of benzene rings is 2. The summed E-state index contributed by atoms with van der Waals surface area (Å²) in [4.78, 5) is 0. The zero-order chi connectivity index (χ0) is 13.3. The highest BCUT2D eigenvalue weighted by atomic mass is 35.5. The lowest BCUT2D eigenvalue weighted by molar-refractivity contribution is 0.492. The molecule has 0 heterocycles. The quantitative estimate of drug-likeness (QED) is 0.883. The van der Waals surface area contributed by atoms with Crippen molar-refractivity contribution in [2.45, 2.75) is 6.04 Å². The van der Waals surface area contributed by atoms with Crippen LogP contribution in [-0.2, 0) is 0 Å². The van der Waals surface area contributed by atoms with E-state index in [1.807, 2.05) is 0 Å². The molecule has 18 heavy (non-hydrogen) atoms. The standard InChI is InChI=1S/C13H9ClF3N/c14-7-4-5-8(11(16)6-7)13(18)9-2-1-3-10(15)12(9)17/h1-6,13H,18H2. The van der Waals surface area contributed by atoms with Crippen LogP contribution in [0.5, 0.6) is 0 Å². The van der Waals surface area contributed by atoms with Crippen LogP contribution in [-0.4, -0.2) is 0 Å². The fourth-order valence-corrected chi connectivity index (χ4v) is 1.84. The maximum absolute atomic E-state index is 13.6. The fourth-order valence-electron chi connectivity index (χ4n) is 1.68. The summed E-state index contributed by atoms with van der Waals surface area (Å²) in [5, 5.41) is 0.211. The zero-order valence-electron chi connectivity index (χ0n) is 9.13. The van der Waals surface area contributed by atoms with Gasteiger partial charge in [-0.3, -0.25) is 0 Å². The van der Waals surface area contributed by atoms with Crippen molar-refractivity contribution in [3.8, 4) is 0 Å². The average molecular weight is 272 g/mol. The van der Waals surface area contributed by atoms with Crippen molar-refractivity contribution in [2.75, 3.05) is 0 Å². The van der Waals surface area contributed by atoms with E-state index >= 15 is 0 Å². The van der Waals surface area contributed by atoms with Gasteiger partial charge in [-0.2, -0.15) is 0 Å². The Hall–Kier alpha value is -1.52. The molecule has 2 rings (SSSR count). The molecule has 0 aromatic heterocycles. The Labute approximate surface area is 107 Å². The molecular formula is C13H9ClF3N. The summed E-state index contributed by atoms with van der Waals surface area (Å²) in [5.74, 6) is -2.74. The van der Waals surface area contributed by atoms with Crippen LogP contribution >= 0.6 is 11.6 Å². The number of nitrogens with two attached hydrogens (primary N) is 1. The van der Waals surface area contributed by atoms with E-state index in [2.05, 4.69) is 0 Å². The summed E-state index contributed by atoms with van der Waals surface area (Å²) in [5.41, 5.74) is 5.71. The van der Waals surface area contributed by atoms with Crippen molar-refractivity contribution in [3.63, 3.8) is 0 Å². The minimum Gasteiger partial charge on any atom is -0.320 e. The molecule has 1 unspecified atom stereocenters. The normalized spacial score (nSPS) is 12.5. The molecular weight excluding hydrogens is 263 g/mol. The van der Waals surface area contributed by atoms with Gasteiger partial charge in [0.05, 0.1) is 6.04 Å². The molecule has 2 N–H and O–H groups in total. The minimum absolute atomic E-state index is 0.0592. The first kappa shape index (κ1) is 12.9. The van der Waals surface area contributed by atoms with Gasteiger partial charge in [-0.15, -0.1) is 0 Å². The number of rotatable bonds is 2. The van der Waals surface area contributed by atoms with Gasteiger partial charge in [0.2, 0.25) is 0 Å². The molecule has 2 aromatic carbocycles. The Kier molecular flexibility index (Phi) is 3.59. The number of halogens is 4. The van der Waals surface area contributed by atoms with Crippen molar-refractivity contribution in [3.05, 3.63) is 70.0 Å². The molecule has 0 saturated heterocycles. The van der Waals surface area contributed by atoms with Crippen molar-refractivity contribution >= 4 is 11.6 Å². The predicted molar refractivity (Wildman–Crippen MR) is 63.8 cm³/mol. The Morgan fingerprint density at radius 3 is 2.33 bits per heavy atom. The Morgan fingerprint density at radius 1 is 0.944 bits per heavy atom. The van der Waals surface area contributed by atoms with Crippen LogP contribution in [0.2, 0.25) is 5.02 Å². The van der Waals surface area contributed by atoms with Crippen molar-refractivity contribution in [1.82, 2.24) is 0 Å². The van der Waals surface area contributed by atoms with Gasteiger partial charge in [0.25, 0.3) is 0 Å². The van der Waals surface area contributed by atoms with E-state index < -0.39 is 23.5 Å². The van der Waals surface area contributed by atoms with Gasteiger partial charge in [0, 0.05) is 16.1 Å². The fraction of sp³-hybridized carbons (Fsp3) is 0.0769. The highest BCUT2D eigenvalue weighted by Gasteiger charge is 2.19. The van der Waals surface area contributed by atoms with Gasteiger partial charge >= 0.3 is 0 Å². The second-order valence-corrected chi connectivity index (χ2v) is 4.22. The van der Waals surface area contributed by atoms with E-state index in [4.69, 9.17) is 17.3 Å². The van der Waals surface area contributed by atoms with E-state index in [9.17, 15) is 13.2 Å². The maximum Gasteiger partial charge on any atom is 0.163 e. The van der Waals surface area contributed by atoms with Crippen LogP contribution in [0.25, 0.3) is 0 Å². The molecule has 0 amide bonds. The first-order valence-corrected chi connectivity index (χ1v) is 5.53. The molecule has 0 aliphatic rings. The van der Waals surface area contributed by atoms with E-state index in [-0.39, 0.29) is 16.1 Å². The second kappa shape index (κ2) is 5.00. The summed E-state index contributed by atoms with van der Waals surface area (Å²) in [6.45, 7) is 0. The highest BCUT2D eigenvalue weighted by Crippen LogP contribution is 2.26. The molecule has 2 aromatic rings. The van der Waals surface area contributed by atoms with Gasteiger partial charge < -0.3 is 5.73 Å². The van der Waals surface area contributed by atoms with Crippen molar-refractivity contribution in [2.24, 2.45) is 5.73 Å². The smallest absolute Gasteiger partial charge is 0.163 e. The third-order valence-corrected chi connectivity index (χ3v) is 2.85. The Balaban J connectivity index is 2.48. The molecule has 1 nitrogen and oxygen atoms in total. The SMILES string of the molecule is NC(c1ccc(Cl)cc1F)c1cccc(F)c1F. The van der Waals surface area contributed by atoms with Crippen LogP contribution < -0.4 is 5.73 Å². The van der Waals surface area contributed by atoms with Crippen LogP contribution in [0.3, 0.4) is 0 Å². The van der Waals surface area contributed by atoms with E-state index in [1.54, 1.807) is 0 Å². The van der Waals surface area contributed by atoms with Gasteiger partial charge in [-0.05, 0) is 18.2 Å². The van der Waals surface area contributed by atoms with Crippen LogP contribution in [0, 0.1) is 17.5 Å². The van der Waals surface area contributed by atoms with Crippen LogP contribution in [0.15, 0.2) is 36.4 Å². The molecule has 0 spiro atoms. The first-order chi connectivity index (χ1) is 8.50. The largest absolute Gasteiger partial charge is 0.320 e. The molecule has 1 atom stereocenters. The molecule has 94 valence electrons. The average Bonchev–Trinajstić information content (AvgIpc) is 2.32. The maximum atomic E-state index is 13.6. The summed E-state index contributed by atoms with van der Waals surface area (Å²) in [7, 11) is 0. The van der Waals surface area contributed by atoms with Crippen LogP contribution in [0.1, 0.15) is 17.2 Å². The lowest BCUT2D eigenvalue weighted by atomic mass is 9.98. The number of hydrogen-bond donors (Lipinski definition) is 1. The summed E-state index contributed by atoms with van der Waals surface area (Å²) >= 11 is 5.61.